The number of fused-ring (bicyclic) bond motifs is 2. The van der Waals surface area contributed by atoms with Crippen molar-refractivity contribution in [2.45, 2.75) is 42.5 Å². The number of amides is 1. The van der Waals surface area contributed by atoms with E-state index in [4.69, 9.17) is 0 Å². The molecule has 0 aliphatic carbocycles. The lowest BCUT2D eigenvalue weighted by atomic mass is 10.2. The summed E-state index contributed by atoms with van der Waals surface area (Å²) in [6.45, 7) is 6.86. The van der Waals surface area contributed by atoms with E-state index in [1.807, 2.05) is 54.8 Å². The lowest BCUT2D eigenvalue weighted by Gasteiger charge is -2.22. The zero-order valence-electron chi connectivity index (χ0n) is 15.5. The number of para-hydroxylation sites is 1. The minimum Gasteiger partial charge on any atom is -0.311 e. The van der Waals surface area contributed by atoms with Crippen molar-refractivity contribution < 1.29 is 4.79 Å². The van der Waals surface area contributed by atoms with Gasteiger partial charge in [-0.15, -0.1) is 16.9 Å². The van der Waals surface area contributed by atoms with Gasteiger partial charge < -0.3 is 4.90 Å². The smallest absolute Gasteiger partial charge is 0.253 e. The maximum atomic E-state index is 12.9. The van der Waals surface area contributed by atoms with Crippen molar-refractivity contribution in [3.05, 3.63) is 41.7 Å². The summed E-state index contributed by atoms with van der Waals surface area (Å²) in [6, 6.07) is 10.1. The van der Waals surface area contributed by atoms with Crippen LogP contribution in [0.2, 0.25) is 0 Å². The van der Waals surface area contributed by atoms with E-state index in [-0.39, 0.29) is 5.91 Å². The molecule has 0 saturated heterocycles. The van der Waals surface area contributed by atoms with Crippen LogP contribution in [0.3, 0.4) is 0 Å². The van der Waals surface area contributed by atoms with Crippen LogP contribution in [0.25, 0.3) is 5.78 Å². The summed E-state index contributed by atoms with van der Waals surface area (Å²) in [5.74, 6) is 0.970. The topological polar surface area (TPSA) is 63.4 Å². The van der Waals surface area contributed by atoms with Gasteiger partial charge in [-0.1, -0.05) is 30.8 Å². The Labute approximate surface area is 166 Å². The van der Waals surface area contributed by atoms with E-state index in [1.54, 1.807) is 4.52 Å². The highest BCUT2D eigenvalue weighted by atomic mass is 32.2. The minimum absolute atomic E-state index is 0.0851. The fraction of sp³-hybridized carbons (Fsp3) is 0.368. The molecule has 3 aromatic rings. The van der Waals surface area contributed by atoms with E-state index in [0.717, 1.165) is 30.0 Å². The highest BCUT2D eigenvalue weighted by Gasteiger charge is 2.24. The van der Waals surface area contributed by atoms with E-state index in [9.17, 15) is 4.79 Å². The molecule has 2 aromatic heterocycles. The van der Waals surface area contributed by atoms with Crippen molar-refractivity contribution in [2.75, 3.05) is 17.2 Å². The summed E-state index contributed by atoms with van der Waals surface area (Å²) >= 11 is 3.20. The Morgan fingerprint density at radius 1 is 1.30 bits per heavy atom. The number of thioether (sulfide) groups is 2. The molecule has 4 rings (SSSR count). The van der Waals surface area contributed by atoms with Crippen LogP contribution >= 0.6 is 23.5 Å². The Kier molecular flexibility index (Phi) is 5.10. The Balaban J connectivity index is 1.52. The first kappa shape index (κ1) is 18.3. The van der Waals surface area contributed by atoms with Gasteiger partial charge in [0.2, 0.25) is 11.1 Å². The number of rotatable bonds is 3. The molecule has 140 valence electrons. The molecule has 0 radical (unpaired) electrons. The van der Waals surface area contributed by atoms with Crippen LogP contribution in [0, 0.1) is 13.8 Å². The zero-order valence-corrected chi connectivity index (χ0v) is 17.2. The Bertz CT molecular complexity index is 1000. The standard InChI is InChI=1S/C19H21N5OS2/c1-12-10-13(2)24-18(20-12)21-19(22-24)26-11-17(25)23-9-8-14(3)27-16-7-5-4-6-15(16)23/h4-7,10,14H,8-9,11H2,1-3H3/t14-/m1/s1. The molecule has 1 amide bonds. The number of aromatic nitrogens is 4. The molecule has 6 nitrogen and oxygen atoms in total. The Hall–Kier alpha value is -2.06. The van der Waals surface area contributed by atoms with Crippen molar-refractivity contribution in [3.63, 3.8) is 0 Å². The molecular weight excluding hydrogens is 378 g/mol. The van der Waals surface area contributed by atoms with Gasteiger partial charge >= 0.3 is 0 Å². The molecule has 0 bridgehead atoms. The molecule has 0 fully saturated rings. The van der Waals surface area contributed by atoms with Gasteiger partial charge in [0.25, 0.3) is 5.78 Å². The second kappa shape index (κ2) is 7.52. The first-order valence-electron chi connectivity index (χ1n) is 8.91. The number of hydrogen-bond donors (Lipinski definition) is 0. The monoisotopic (exact) mass is 399 g/mol. The summed E-state index contributed by atoms with van der Waals surface area (Å²) < 4.78 is 1.72. The van der Waals surface area contributed by atoms with E-state index < -0.39 is 0 Å². The maximum Gasteiger partial charge on any atom is 0.253 e. The van der Waals surface area contributed by atoms with Gasteiger partial charge in [0, 0.05) is 28.1 Å². The first-order valence-corrected chi connectivity index (χ1v) is 10.8. The average Bonchev–Trinajstić information content (AvgIpc) is 2.96. The summed E-state index contributed by atoms with van der Waals surface area (Å²) in [7, 11) is 0. The third-order valence-corrected chi connectivity index (χ3v) is 6.53. The van der Waals surface area contributed by atoms with Gasteiger partial charge in [0.15, 0.2) is 0 Å². The fourth-order valence-corrected chi connectivity index (χ4v) is 4.97. The van der Waals surface area contributed by atoms with Gasteiger partial charge in [-0.25, -0.2) is 9.50 Å². The van der Waals surface area contributed by atoms with Crippen molar-refractivity contribution in [2.24, 2.45) is 0 Å². The van der Waals surface area contributed by atoms with Crippen molar-refractivity contribution >= 4 is 40.9 Å². The predicted octanol–water partition coefficient (Wildman–Crippen LogP) is 3.75. The number of carbonyl (C=O) groups excluding carboxylic acids is 1. The van der Waals surface area contributed by atoms with Crippen LogP contribution < -0.4 is 4.90 Å². The van der Waals surface area contributed by atoms with Crippen molar-refractivity contribution in [3.8, 4) is 0 Å². The summed E-state index contributed by atoms with van der Waals surface area (Å²) in [5.41, 5.74) is 2.90. The molecule has 0 N–H and O–H groups in total. The number of anilines is 1. The highest BCUT2D eigenvalue weighted by Crippen LogP contribution is 2.37. The molecule has 0 unspecified atom stereocenters. The Morgan fingerprint density at radius 3 is 2.96 bits per heavy atom. The van der Waals surface area contributed by atoms with Crippen molar-refractivity contribution in [1.29, 1.82) is 0 Å². The molecule has 1 aliphatic rings. The van der Waals surface area contributed by atoms with Gasteiger partial charge in [0.1, 0.15) is 0 Å². The molecule has 3 heterocycles. The number of nitrogens with zero attached hydrogens (tertiary/aromatic N) is 5. The number of aryl methyl sites for hydroxylation is 2. The second-order valence-corrected chi connectivity index (χ2v) is 9.09. The molecule has 1 aromatic carbocycles. The van der Waals surface area contributed by atoms with Crippen molar-refractivity contribution in [1.82, 2.24) is 19.6 Å². The largest absolute Gasteiger partial charge is 0.311 e. The molecule has 1 atom stereocenters. The molecule has 0 saturated carbocycles. The number of hydrogen-bond acceptors (Lipinski definition) is 6. The molecule has 27 heavy (non-hydrogen) atoms. The third kappa shape index (κ3) is 3.82. The first-order chi connectivity index (χ1) is 13.0. The minimum atomic E-state index is 0.0851. The van der Waals surface area contributed by atoms with Crippen LogP contribution in [0.15, 0.2) is 40.4 Å². The summed E-state index contributed by atoms with van der Waals surface area (Å²) in [6.07, 6.45) is 0.977. The van der Waals surface area contributed by atoms with E-state index in [2.05, 4.69) is 28.1 Å². The van der Waals surface area contributed by atoms with Crippen LogP contribution in [0.5, 0.6) is 0 Å². The van der Waals surface area contributed by atoms with E-state index in [0.29, 0.717) is 21.9 Å². The second-order valence-electron chi connectivity index (χ2n) is 6.66. The average molecular weight is 400 g/mol. The number of carbonyl (C=O) groups is 1. The van der Waals surface area contributed by atoms with Gasteiger partial charge in [-0.3, -0.25) is 4.79 Å². The Morgan fingerprint density at radius 2 is 2.11 bits per heavy atom. The molecule has 8 heteroatoms. The zero-order chi connectivity index (χ0) is 19.0. The highest BCUT2D eigenvalue weighted by molar-refractivity contribution is 8.00. The van der Waals surface area contributed by atoms with E-state index in [1.165, 1.54) is 16.7 Å². The van der Waals surface area contributed by atoms with Crippen LogP contribution in [0.4, 0.5) is 5.69 Å². The summed E-state index contributed by atoms with van der Waals surface area (Å²) in [4.78, 5) is 24.9. The third-order valence-electron chi connectivity index (χ3n) is 4.47. The van der Waals surface area contributed by atoms with Gasteiger partial charge in [0.05, 0.1) is 11.4 Å². The van der Waals surface area contributed by atoms with Gasteiger partial charge in [-0.05, 0) is 38.5 Å². The normalized spacial score (nSPS) is 17.0. The SMILES string of the molecule is Cc1cc(C)n2nc(SCC(=O)N3CC[C@@H](C)Sc4ccccc43)nc2n1. The fourth-order valence-electron chi connectivity index (χ4n) is 3.16. The summed E-state index contributed by atoms with van der Waals surface area (Å²) in [5, 5.41) is 5.55. The van der Waals surface area contributed by atoms with Crippen LogP contribution in [0.1, 0.15) is 24.7 Å². The number of benzene rings is 1. The lowest BCUT2D eigenvalue weighted by molar-refractivity contribution is -0.116. The van der Waals surface area contributed by atoms with Gasteiger partial charge in [-0.2, -0.15) is 4.98 Å². The predicted molar refractivity (Wildman–Crippen MR) is 110 cm³/mol. The molecule has 1 aliphatic heterocycles. The van der Waals surface area contributed by atoms with Crippen LogP contribution in [-0.2, 0) is 4.79 Å². The maximum absolute atomic E-state index is 12.9. The molecular formula is C19H21N5OS2. The lowest BCUT2D eigenvalue weighted by Crippen LogP contribution is -2.33. The quantitative estimate of drug-likeness (QED) is 0.625. The van der Waals surface area contributed by atoms with E-state index >= 15 is 0 Å². The van der Waals surface area contributed by atoms with Crippen LogP contribution in [-0.4, -0.2) is 43.0 Å². The molecule has 0 spiro atoms.